The molecule has 17 heavy (non-hydrogen) atoms. The molecule has 0 bridgehead atoms. The number of carbonyl (C=O) groups is 1. The van der Waals surface area contributed by atoms with Crippen molar-refractivity contribution in [1.29, 1.82) is 0 Å². The van der Waals surface area contributed by atoms with Gasteiger partial charge in [0.1, 0.15) is 17.7 Å². The normalized spacial score (nSPS) is 12.5. The van der Waals surface area contributed by atoms with Gasteiger partial charge >= 0.3 is 5.97 Å². The highest BCUT2D eigenvalue weighted by Gasteiger charge is 2.15. The molecule has 0 aromatic carbocycles. The van der Waals surface area contributed by atoms with Crippen molar-refractivity contribution in [3.63, 3.8) is 0 Å². The second-order valence-corrected chi connectivity index (χ2v) is 4.16. The Hall–Kier alpha value is -1.69. The Morgan fingerprint density at radius 1 is 1.53 bits per heavy atom. The van der Waals surface area contributed by atoms with Gasteiger partial charge in [-0.2, -0.15) is 0 Å². The van der Waals surface area contributed by atoms with E-state index in [9.17, 15) is 4.79 Å². The van der Waals surface area contributed by atoms with Gasteiger partial charge in [0.25, 0.3) is 0 Å². The van der Waals surface area contributed by atoms with Gasteiger partial charge in [-0.1, -0.05) is 13.8 Å². The lowest BCUT2D eigenvalue weighted by molar-refractivity contribution is 0.0697. The van der Waals surface area contributed by atoms with Gasteiger partial charge in [-0.05, 0) is 5.92 Å². The molecule has 0 spiro atoms. The van der Waals surface area contributed by atoms with E-state index < -0.39 is 5.97 Å². The molecule has 0 saturated heterocycles. The summed E-state index contributed by atoms with van der Waals surface area (Å²) in [7, 11) is 0. The van der Waals surface area contributed by atoms with Crippen LogP contribution in [0.4, 0.5) is 5.82 Å². The smallest absolute Gasteiger partial charge is 0.341 e. The number of hydrogen-bond acceptors (Lipinski definition) is 5. The molecule has 94 valence electrons. The SMILES string of the molecule is CC(C)C(CO)CNc1ncncc1C(=O)O. The lowest BCUT2D eigenvalue weighted by Crippen LogP contribution is -2.24. The Kier molecular flexibility index (Phi) is 4.84. The molecule has 0 aliphatic heterocycles. The molecule has 6 nitrogen and oxygen atoms in total. The van der Waals surface area contributed by atoms with Crippen LogP contribution in [0.3, 0.4) is 0 Å². The molecular formula is C11H17N3O3. The average molecular weight is 239 g/mol. The maximum atomic E-state index is 10.9. The fourth-order valence-electron chi connectivity index (χ4n) is 1.37. The molecule has 0 saturated carbocycles. The minimum Gasteiger partial charge on any atom is -0.477 e. The highest BCUT2D eigenvalue weighted by atomic mass is 16.4. The number of nitrogens with zero attached hydrogens (tertiary/aromatic N) is 2. The van der Waals surface area contributed by atoms with Crippen LogP contribution < -0.4 is 5.32 Å². The second kappa shape index (κ2) is 6.15. The highest BCUT2D eigenvalue weighted by molar-refractivity contribution is 5.92. The van der Waals surface area contributed by atoms with E-state index in [1.807, 2.05) is 13.8 Å². The second-order valence-electron chi connectivity index (χ2n) is 4.16. The van der Waals surface area contributed by atoms with Gasteiger partial charge in [-0.15, -0.1) is 0 Å². The van der Waals surface area contributed by atoms with E-state index in [2.05, 4.69) is 15.3 Å². The van der Waals surface area contributed by atoms with Crippen molar-refractivity contribution in [1.82, 2.24) is 9.97 Å². The summed E-state index contributed by atoms with van der Waals surface area (Å²) >= 11 is 0. The molecule has 1 aromatic rings. The highest BCUT2D eigenvalue weighted by Crippen LogP contribution is 2.14. The van der Waals surface area contributed by atoms with Crippen molar-refractivity contribution in [3.8, 4) is 0 Å². The van der Waals surface area contributed by atoms with E-state index in [1.165, 1.54) is 12.5 Å². The van der Waals surface area contributed by atoms with Crippen molar-refractivity contribution in [2.45, 2.75) is 13.8 Å². The molecule has 1 rings (SSSR count). The molecule has 1 heterocycles. The van der Waals surface area contributed by atoms with Crippen molar-refractivity contribution >= 4 is 11.8 Å². The fraction of sp³-hybridized carbons (Fsp3) is 0.545. The third-order valence-electron chi connectivity index (χ3n) is 2.65. The zero-order valence-corrected chi connectivity index (χ0v) is 9.92. The standard InChI is InChI=1S/C11H17N3O3/c1-7(2)8(5-15)3-13-10-9(11(16)17)4-12-6-14-10/h4,6-8,15H,3,5H2,1-2H3,(H,16,17)(H,12,13,14). The number of carboxylic acid groups (broad SMARTS) is 1. The van der Waals surface area contributed by atoms with E-state index in [-0.39, 0.29) is 23.9 Å². The number of aliphatic hydroxyl groups is 1. The first kappa shape index (κ1) is 13.4. The Morgan fingerprint density at radius 2 is 2.24 bits per heavy atom. The zero-order valence-electron chi connectivity index (χ0n) is 9.92. The monoisotopic (exact) mass is 239 g/mol. The van der Waals surface area contributed by atoms with Crippen molar-refractivity contribution in [3.05, 3.63) is 18.1 Å². The van der Waals surface area contributed by atoms with Crippen molar-refractivity contribution in [2.24, 2.45) is 11.8 Å². The van der Waals surface area contributed by atoms with Crippen LogP contribution in [0.5, 0.6) is 0 Å². The first-order valence-corrected chi connectivity index (χ1v) is 5.44. The molecule has 3 N–H and O–H groups in total. The van der Waals surface area contributed by atoms with Gasteiger partial charge in [0.2, 0.25) is 0 Å². The summed E-state index contributed by atoms with van der Waals surface area (Å²) in [5.74, 6) is -0.418. The number of rotatable bonds is 6. The van der Waals surface area contributed by atoms with E-state index in [4.69, 9.17) is 10.2 Å². The van der Waals surface area contributed by atoms with Crippen LogP contribution in [0.2, 0.25) is 0 Å². The van der Waals surface area contributed by atoms with Gasteiger partial charge in [0.05, 0.1) is 0 Å². The molecule has 0 amide bonds. The predicted molar refractivity (Wildman–Crippen MR) is 62.9 cm³/mol. The Balaban J connectivity index is 2.72. The molecule has 0 fully saturated rings. The summed E-state index contributed by atoms with van der Waals surface area (Å²) in [4.78, 5) is 18.4. The van der Waals surface area contributed by atoms with Gasteiger partial charge in [0.15, 0.2) is 0 Å². The fourth-order valence-corrected chi connectivity index (χ4v) is 1.37. The van der Waals surface area contributed by atoms with Crippen LogP contribution in [0, 0.1) is 11.8 Å². The minimum absolute atomic E-state index is 0.0351. The van der Waals surface area contributed by atoms with Crippen LogP contribution in [0.25, 0.3) is 0 Å². The molecular weight excluding hydrogens is 222 g/mol. The van der Waals surface area contributed by atoms with Crippen LogP contribution in [-0.2, 0) is 0 Å². The predicted octanol–water partition coefficient (Wildman–Crippen LogP) is 0.851. The number of anilines is 1. The van der Waals surface area contributed by atoms with E-state index in [0.717, 1.165) is 0 Å². The molecule has 6 heteroatoms. The lowest BCUT2D eigenvalue weighted by atomic mass is 9.97. The molecule has 0 radical (unpaired) electrons. The molecule has 1 unspecified atom stereocenters. The maximum absolute atomic E-state index is 10.9. The molecule has 0 aliphatic rings. The van der Waals surface area contributed by atoms with Gasteiger partial charge < -0.3 is 15.5 Å². The molecule has 0 aliphatic carbocycles. The number of hydrogen-bond donors (Lipinski definition) is 3. The quantitative estimate of drug-likeness (QED) is 0.681. The summed E-state index contributed by atoms with van der Waals surface area (Å²) < 4.78 is 0. The van der Waals surface area contributed by atoms with Crippen LogP contribution in [0.1, 0.15) is 24.2 Å². The van der Waals surface area contributed by atoms with Crippen molar-refractivity contribution < 1.29 is 15.0 Å². The number of nitrogens with one attached hydrogen (secondary N) is 1. The summed E-state index contributed by atoms with van der Waals surface area (Å²) in [6.45, 7) is 4.53. The third-order valence-corrected chi connectivity index (χ3v) is 2.65. The lowest BCUT2D eigenvalue weighted by Gasteiger charge is -2.19. The Bertz CT molecular complexity index is 382. The summed E-state index contributed by atoms with van der Waals surface area (Å²) in [6.07, 6.45) is 2.54. The van der Waals surface area contributed by atoms with Crippen LogP contribution >= 0.6 is 0 Å². The maximum Gasteiger partial charge on any atom is 0.341 e. The van der Waals surface area contributed by atoms with Gasteiger partial charge in [-0.25, -0.2) is 14.8 Å². The molecule has 1 aromatic heterocycles. The van der Waals surface area contributed by atoms with E-state index in [1.54, 1.807) is 0 Å². The number of aliphatic hydroxyl groups excluding tert-OH is 1. The Labute approximate surface area is 99.7 Å². The van der Waals surface area contributed by atoms with Crippen molar-refractivity contribution in [2.75, 3.05) is 18.5 Å². The third kappa shape index (κ3) is 3.67. The van der Waals surface area contributed by atoms with Crippen LogP contribution in [0.15, 0.2) is 12.5 Å². The first-order chi connectivity index (χ1) is 8.06. The minimum atomic E-state index is -1.07. The van der Waals surface area contributed by atoms with E-state index in [0.29, 0.717) is 12.5 Å². The average Bonchev–Trinajstić information content (AvgIpc) is 2.29. The number of aromatic nitrogens is 2. The number of carboxylic acids is 1. The first-order valence-electron chi connectivity index (χ1n) is 5.44. The summed E-state index contributed by atoms with van der Waals surface area (Å²) in [6, 6.07) is 0. The topological polar surface area (TPSA) is 95.3 Å². The van der Waals surface area contributed by atoms with Gasteiger partial charge in [-0.3, -0.25) is 0 Å². The molecule has 1 atom stereocenters. The Morgan fingerprint density at radius 3 is 2.76 bits per heavy atom. The largest absolute Gasteiger partial charge is 0.477 e. The summed E-state index contributed by atoms with van der Waals surface area (Å²) in [5, 5.41) is 21.0. The summed E-state index contributed by atoms with van der Waals surface area (Å²) in [5.41, 5.74) is 0.0351. The van der Waals surface area contributed by atoms with E-state index >= 15 is 0 Å². The number of aromatic carboxylic acids is 1. The zero-order chi connectivity index (χ0) is 12.8. The van der Waals surface area contributed by atoms with Gasteiger partial charge in [0, 0.05) is 25.3 Å². The van der Waals surface area contributed by atoms with Crippen LogP contribution in [-0.4, -0.2) is 39.3 Å².